The van der Waals surface area contributed by atoms with E-state index in [0.717, 1.165) is 16.2 Å². The molecule has 0 saturated heterocycles. The topological polar surface area (TPSA) is 93.8 Å². The number of rotatable bonds is 6. The molecule has 0 radical (unpaired) electrons. The summed E-state index contributed by atoms with van der Waals surface area (Å²) in [5.74, 6) is -0.684. The zero-order valence-electron chi connectivity index (χ0n) is 13.2. The molecule has 0 aliphatic carbocycles. The van der Waals surface area contributed by atoms with Crippen LogP contribution >= 0.6 is 22.9 Å². The fraction of sp³-hybridized carbons (Fsp3) is 0.235. The number of nitrogens with two attached hydrogens (primary N) is 1. The first-order valence-corrected chi connectivity index (χ1v) is 8.87. The zero-order valence-corrected chi connectivity index (χ0v) is 14.8. The summed E-state index contributed by atoms with van der Waals surface area (Å²) in [5, 5.41) is 6.80. The number of carbonyl (C=O) groups excluding carboxylic acids is 2. The molecule has 0 saturated carbocycles. The van der Waals surface area contributed by atoms with E-state index < -0.39 is 12.0 Å². The third-order valence-electron chi connectivity index (χ3n) is 3.74. The lowest BCUT2D eigenvalue weighted by molar-refractivity contribution is -0.131. The van der Waals surface area contributed by atoms with Crippen LogP contribution in [0, 0.1) is 0 Å². The molecule has 1 unspecified atom stereocenters. The van der Waals surface area contributed by atoms with Gasteiger partial charge in [0, 0.05) is 18.5 Å². The number of benzene rings is 1. The molecule has 1 aromatic heterocycles. The van der Waals surface area contributed by atoms with Crippen LogP contribution in [0.4, 0.5) is 0 Å². The molecule has 3 N–H and O–H groups in total. The van der Waals surface area contributed by atoms with Crippen LogP contribution in [0.1, 0.15) is 27.2 Å². The van der Waals surface area contributed by atoms with Gasteiger partial charge in [0.1, 0.15) is 5.71 Å². The second kappa shape index (κ2) is 7.67. The summed E-state index contributed by atoms with van der Waals surface area (Å²) in [6.07, 6.45) is 0.376. The largest absolute Gasteiger partial charge is 0.382 e. The fourth-order valence-electron chi connectivity index (χ4n) is 2.46. The lowest BCUT2D eigenvalue weighted by Crippen LogP contribution is -2.36. The lowest BCUT2D eigenvalue weighted by atomic mass is 10.1. The van der Waals surface area contributed by atoms with E-state index >= 15 is 0 Å². The molecule has 1 aromatic carbocycles. The number of amides is 2. The first kappa shape index (κ1) is 17.4. The van der Waals surface area contributed by atoms with Crippen molar-refractivity contribution in [3.63, 3.8) is 0 Å². The molecular formula is C17H16ClN3O3S. The predicted molar refractivity (Wildman–Crippen MR) is 97.0 cm³/mol. The normalized spacial score (nSPS) is 16.2. The molecule has 8 heteroatoms. The van der Waals surface area contributed by atoms with Gasteiger partial charge >= 0.3 is 0 Å². The molecule has 2 heterocycles. The highest BCUT2D eigenvalue weighted by Crippen LogP contribution is 2.26. The molecule has 0 bridgehead atoms. The standard InChI is InChI=1S/C17H16ClN3O3S/c18-15-5-4-14(25-15)12-9-13(24-21-12)17(23)20-7-6-10-2-1-3-11(8-10)16(19)22/h1-5,8,13H,6-7,9H2,(H2,19,22)(H,20,23). The number of hydrogen-bond donors (Lipinski definition) is 2. The van der Waals surface area contributed by atoms with Gasteiger partial charge in [-0.2, -0.15) is 0 Å². The van der Waals surface area contributed by atoms with Crippen molar-refractivity contribution in [2.24, 2.45) is 10.9 Å². The van der Waals surface area contributed by atoms with Crippen molar-refractivity contribution in [2.45, 2.75) is 18.9 Å². The minimum atomic E-state index is -0.632. The van der Waals surface area contributed by atoms with Gasteiger partial charge in [-0.1, -0.05) is 28.9 Å². The van der Waals surface area contributed by atoms with Crippen molar-refractivity contribution in [3.8, 4) is 0 Å². The monoisotopic (exact) mass is 377 g/mol. The highest BCUT2D eigenvalue weighted by molar-refractivity contribution is 7.18. The Balaban J connectivity index is 1.48. The Labute approximate surface area is 153 Å². The fourth-order valence-corrected chi connectivity index (χ4v) is 3.49. The van der Waals surface area contributed by atoms with Crippen molar-refractivity contribution in [1.29, 1.82) is 0 Å². The number of hydrogen-bond acceptors (Lipinski definition) is 5. The summed E-state index contributed by atoms with van der Waals surface area (Å²) < 4.78 is 0.670. The maximum atomic E-state index is 12.2. The van der Waals surface area contributed by atoms with Crippen molar-refractivity contribution in [3.05, 3.63) is 56.7 Å². The van der Waals surface area contributed by atoms with Crippen LogP contribution in [0.25, 0.3) is 0 Å². The van der Waals surface area contributed by atoms with Gasteiger partial charge in [0.15, 0.2) is 0 Å². The van der Waals surface area contributed by atoms with Crippen LogP contribution in [0.15, 0.2) is 41.6 Å². The average molecular weight is 378 g/mol. The smallest absolute Gasteiger partial charge is 0.264 e. The Hall–Kier alpha value is -2.38. The molecule has 2 amide bonds. The van der Waals surface area contributed by atoms with Crippen LogP contribution in [0.2, 0.25) is 4.34 Å². The lowest BCUT2D eigenvalue weighted by Gasteiger charge is -2.09. The van der Waals surface area contributed by atoms with Crippen LogP contribution in [0.3, 0.4) is 0 Å². The Morgan fingerprint density at radius 1 is 1.36 bits per heavy atom. The van der Waals surface area contributed by atoms with Gasteiger partial charge in [0.2, 0.25) is 12.0 Å². The van der Waals surface area contributed by atoms with Crippen molar-refractivity contribution in [1.82, 2.24) is 5.32 Å². The number of thiophene rings is 1. The molecule has 0 fully saturated rings. The first-order chi connectivity index (χ1) is 12.0. The summed E-state index contributed by atoms with van der Waals surface area (Å²) >= 11 is 7.31. The number of nitrogens with one attached hydrogen (secondary N) is 1. The van der Waals surface area contributed by atoms with Crippen LogP contribution < -0.4 is 11.1 Å². The van der Waals surface area contributed by atoms with E-state index in [9.17, 15) is 9.59 Å². The molecule has 0 spiro atoms. The van der Waals surface area contributed by atoms with E-state index in [0.29, 0.717) is 29.3 Å². The third kappa shape index (κ3) is 4.37. The van der Waals surface area contributed by atoms with Crippen LogP contribution in [0.5, 0.6) is 0 Å². The molecule has 25 heavy (non-hydrogen) atoms. The van der Waals surface area contributed by atoms with Crippen molar-refractivity contribution < 1.29 is 14.4 Å². The quantitative estimate of drug-likeness (QED) is 0.809. The number of carbonyl (C=O) groups is 2. The van der Waals surface area contributed by atoms with E-state index in [2.05, 4.69) is 10.5 Å². The highest BCUT2D eigenvalue weighted by atomic mass is 35.5. The van der Waals surface area contributed by atoms with Gasteiger partial charge in [0.25, 0.3) is 5.91 Å². The zero-order chi connectivity index (χ0) is 17.8. The molecule has 3 rings (SSSR count). The van der Waals surface area contributed by atoms with Gasteiger partial charge in [-0.3, -0.25) is 9.59 Å². The SMILES string of the molecule is NC(=O)c1cccc(CCNC(=O)C2CC(c3ccc(Cl)s3)=NO2)c1. The van der Waals surface area contributed by atoms with Gasteiger partial charge in [-0.05, 0) is 36.2 Å². The minimum absolute atomic E-state index is 0.215. The van der Waals surface area contributed by atoms with Crippen LogP contribution in [-0.4, -0.2) is 30.2 Å². The van der Waals surface area contributed by atoms with Gasteiger partial charge < -0.3 is 15.9 Å². The second-order valence-corrected chi connectivity index (χ2v) is 7.26. The molecule has 2 aromatic rings. The molecule has 1 aliphatic heterocycles. The number of primary amides is 1. The Morgan fingerprint density at radius 3 is 2.92 bits per heavy atom. The molecular weight excluding hydrogens is 362 g/mol. The molecule has 1 aliphatic rings. The molecule has 130 valence electrons. The van der Waals surface area contributed by atoms with Gasteiger partial charge in [-0.15, -0.1) is 11.3 Å². The van der Waals surface area contributed by atoms with E-state index in [1.54, 1.807) is 24.3 Å². The number of oxime groups is 1. The summed E-state index contributed by atoms with van der Waals surface area (Å²) in [6.45, 7) is 0.432. The first-order valence-electron chi connectivity index (χ1n) is 7.68. The van der Waals surface area contributed by atoms with E-state index in [1.807, 2.05) is 12.1 Å². The van der Waals surface area contributed by atoms with E-state index in [1.165, 1.54) is 11.3 Å². The van der Waals surface area contributed by atoms with Gasteiger partial charge in [-0.25, -0.2) is 0 Å². The van der Waals surface area contributed by atoms with E-state index in [-0.39, 0.29) is 5.91 Å². The highest BCUT2D eigenvalue weighted by Gasteiger charge is 2.29. The maximum Gasteiger partial charge on any atom is 0.264 e. The Kier molecular flexibility index (Phi) is 5.35. The summed E-state index contributed by atoms with van der Waals surface area (Å²) in [6, 6.07) is 10.7. The maximum absolute atomic E-state index is 12.2. The van der Waals surface area contributed by atoms with Crippen molar-refractivity contribution in [2.75, 3.05) is 6.54 Å². The number of nitrogens with zero attached hydrogens (tertiary/aromatic N) is 1. The third-order valence-corrected chi connectivity index (χ3v) is 5.02. The van der Waals surface area contributed by atoms with Gasteiger partial charge in [0.05, 0.1) is 9.21 Å². The predicted octanol–water partition coefficient (Wildman–Crippen LogP) is 2.35. The number of halogens is 1. The molecule has 6 nitrogen and oxygen atoms in total. The average Bonchev–Trinajstić information content (AvgIpc) is 3.24. The summed E-state index contributed by atoms with van der Waals surface area (Å²) in [7, 11) is 0. The molecule has 1 atom stereocenters. The second-order valence-electron chi connectivity index (χ2n) is 5.55. The minimum Gasteiger partial charge on any atom is -0.382 e. The summed E-state index contributed by atoms with van der Waals surface area (Å²) in [4.78, 5) is 29.5. The van der Waals surface area contributed by atoms with Crippen molar-refractivity contribution >= 4 is 40.5 Å². The Morgan fingerprint density at radius 2 is 2.20 bits per heavy atom. The summed E-state index contributed by atoms with van der Waals surface area (Å²) in [5.41, 5.74) is 7.37. The Bertz CT molecular complexity index is 834. The van der Waals surface area contributed by atoms with Crippen LogP contribution in [-0.2, 0) is 16.1 Å². The van der Waals surface area contributed by atoms with E-state index in [4.69, 9.17) is 22.2 Å².